The van der Waals surface area contributed by atoms with Crippen LogP contribution in [0.25, 0.3) is 11.0 Å². The number of methoxy groups -OCH3 is 2. The molecule has 2 saturated carbocycles. The molecule has 35 heavy (non-hydrogen) atoms. The molecule has 1 aromatic carbocycles. The molecule has 0 radical (unpaired) electrons. The van der Waals surface area contributed by atoms with Crippen LogP contribution in [-0.2, 0) is 9.53 Å². The van der Waals surface area contributed by atoms with Crippen LogP contribution in [0.1, 0.15) is 53.4 Å². The first-order valence-electron chi connectivity index (χ1n) is 12.2. The Morgan fingerprint density at radius 2 is 1.89 bits per heavy atom. The fourth-order valence-corrected chi connectivity index (χ4v) is 6.65. The van der Waals surface area contributed by atoms with Crippen molar-refractivity contribution in [3.8, 4) is 17.2 Å². The van der Waals surface area contributed by atoms with E-state index in [4.69, 9.17) is 23.4 Å². The topological polar surface area (TPSA) is 84.2 Å². The summed E-state index contributed by atoms with van der Waals surface area (Å²) in [6, 6.07) is 4.82. The van der Waals surface area contributed by atoms with Crippen LogP contribution in [0.3, 0.4) is 0 Å². The minimum atomic E-state index is -0.463. The Morgan fingerprint density at radius 1 is 1.14 bits per heavy atom. The molecule has 0 amide bonds. The molecule has 0 spiro atoms. The lowest BCUT2D eigenvalue weighted by atomic mass is 9.47. The van der Waals surface area contributed by atoms with E-state index in [9.17, 15) is 9.59 Å². The molecule has 1 aromatic heterocycles. The molecule has 0 N–H and O–H groups in total. The Balaban J connectivity index is 1.67. The number of carbonyl (C=O) groups excluding carboxylic acids is 1. The lowest BCUT2D eigenvalue weighted by molar-refractivity contribution is -0.175. The molecule has 7 heteroatoms. The molecule has 1 heterocycles. The van der Waals surface area contributed by atoms with Gasteiger partial charge in [-0.05, 0) is 49.1 Å². The second-order valence-electron chi connectivity index (χ2n) is 10.7. The maximum absolute atomic E-state index is 11.9. The van der Waals surface area contributed by atoms with Crippen LogP contribution in [0, 0.1) is 22.7 Å². The number of carbonyl (C=O) groups is 1. The molecule has 190 valence electrons. The summed E-state index contributed by atoms with van der Waals surface area (Å²) in [5.41, 5.74) is 0.787. The molecular weight excluding hydrogens is 448 g/mol. The number of fused-ring (bicyclic) bond motifs is 2. The average molecular weight is 485 g/mol. The Bertz CT molecular complexity index is 1190. The first kappa shape index (κ1) is 25.1. The zero-order chi connectivity index (χ0) is 25.5. The maximum Gasteiger partial charge on any atom is 0.336 e. The van der Waals surface area contributed by atoms with Crippen molar-refractivity contribution in [1.82, 2.24) is 0 Å². The number of benzene rings is 1. The molecule has 0 unspecified atom stereocenters. The zero-order valence-electron chi connectivity index (χ0n) is 21.6. The molecule has 4 atom stereocenters. The number of hydrogen-bond donors (Lipinski definition) is 0. The Labute approximate surface area is 206 Å². The van der Waals surface area contributed by atoms with E-state index in [0.717, 1.165) is 31.3 Å². The lowest BCUT2D eigenvalue weighted by Gasteiger charge is -2.59. The number of ether oxygens (including phenoxy) is 4. The normalized spacial score (nSPS) is 27.7. The number of esters is 1. The summed E-state index contributed by atoms with van der Waals surface area (Å²) in [6.07, 6.45) is 3.51. The molecule has 0 aliphatic heterocycles. The highest BCUT2D eigenvalue weighted by molar-refractivity contribution is 5.88. The Morgan fingerprint density at radius 3 is 2.54 bits per heavy atom. The van der Waals surface area contributed by atoms with E-state index < -0.39 is 5.63 Å². The van der Waals surface area contributed by atoms with Crippen molar-refractivity contribution >= 4 is 16.9 Å². The Kier molecular flexibility index (Phi) is 6.64. The van der Waals surface area contributed by atoms with E-state index in [1.807, 2.05) is 0 Å². The van der Waals surface area contributed by atoms with Gasteiger partial charge in [-0.1, -0.05) is 32.9 Å². The van der Waals surface area contributed by atoms with Crippen molar-refractivity contribution < 1.29 is 28.2 Å². The van der Waals surface area contributed by atoms with Gasteiger partial charge in [0.1, 0.15) is 6.10 Å². The predicted molar refractivity (Wildman–Crippen MR) is 133 cm³/mol. The summed E-state index contributed by atoms with van der Waals surface area (Å²) in [5, 5.41) is 0.685. The average Bonchev–Trinajstić information content (AvgIpc) is 2.79. The number of hydrogen-bond acceptors (Lipinski definition) is 7. The van der Waals surface area contributed by atoms with E-state index in [2.05, 4.69) is 27.4 Å². The second kappa shape index (κ2) is 9.25. The van der Waals surface area contributed by atoms with Crippen molar-refractivity contribution in [1.29, 1.82) is 0 Å². The van der Waals surface area contributed by atoms with Crippen LogP contribution in [-0.4, -0.2) is 32.9 Å². The van der Waals surface area contributed by atoms with Crippen molar-refractivity contribution in [2.45, 2.75) is 59.5 Å². The zero-order valence-corrected chi connectivity index (χ0v) is 21.6. The second-order valence-corrected chi connectivity index (χ2v) is 10.7. The van der Waals surface area contributed by atoms with Crippen LogP contribution in [0.2, 0.25) is 0 Å². The van der Waals surface area contributed by atoms with E-state index >= 15 is 0 Å². The molecule has 2 aliphatic rings. The lowest BCUT2D eigenvalue weighted by Crippen LogP contribution is -2.56. The van der Waals surface area contributed by atoms with Gasteiger partial charge in [0.2, 0.25) is 11.5 Å². The van der Waals surface area contributed by atoms with Crippen molar-refractivity contribution in [3.05, 3.63) is 40.8 Å². The highest BCUT2D eigenvalue weighted by Crippen LogP contribution is 2.61. The van der Waals surface area contributed by atoms with Crippen LogP contribution in [0.15, 0.2) is 39.6 Å². The first-order valence-corrected chi connectivity index (χ1v) is 12.2. The predicted octanol–water partition coefficient (Wildman–Crippen LogP) is 5.53. The fourth-order valence-electron chi connectivity index (χ4n) is 6.65. The quantitative estimate of drug-likeness (QED) is 0.303. The summed E-state index contributed by atoms with van der Waals surface area (Å²) < 4.78 is 28.8. The summed E-state index contributed by atoms with van der Waals surface area (Å²) in [4.78, 5) is 23.6. The van der Waals surface area contributed by atoms with Crippen LogP contribution in [0.4, 0.5) is 0 Å². The van der Waals surface area contributed by atoms with Gasteiger partial charge in [0.25, 0.3) is 0 Å². The molecule has 2 aliphatic carbocycles. The van der Waals surface area contributed by atoms with E-state index in [-0.39, 0.29) is 28.8 Å². The minimum absolute atomic E-state index is 0.0701. The van der Waals surface area contributed by atoms with Gasteiger partial charge in [0, 0.05) is 29.7 Å². The van der Waals surface area contributed by atoms with Gasteiger partial charge in [-0.25, -0.2) is 4.79 Å². The summed E-state index contributed by atoms with van der Waals surface area (Å²) in [6.45, 7) is 13.0. The monoisotopic (exact) mass is 484 g/mol. The van der Waals surface area contributed by atoms with Crippen LogP contribution >= 0.6 is 0 Å². The summed E-state index contributed by atoms with van der Waals surface area (Å²) in [5.74, 6) is 1.44. The van der Waals surface area contributed by atoms with E-state index in [1.165, 1.54) is 20.1 Å². The molecule has 0 bridgehead atoms. The fraction of sp³-hybridized carbons (Fsp3) is 0.571. The third-order valence-electron chi connectivity index (χ3n) is 8.43. The third kappa shape index (κ3) is 4.30. The van der Waals surface area contributed by atoms with E-state index in [1.54, 1.807) is 19.2 Å². The van der Waals surface area contributed by atoms with Gasteiger partial charge in [-0.15, -0.1) is 0 Å². The molecule has 2 aromatic rings. The first-order chi connectivity index (χ1) is 16.5. The highest BCUT2D eigenvalue weighted by Gasteiger charge is 2.57. The van der Waals surface area contributed by atoms with E-state index in [0.29, 0.717) is 40.7 Å². The van der Waals surface area contributed by atoms with Crippen molar-refractivity contribution in [3.63, 3.8) is 0 Å². The maximum atomic E-state index is 11.9. The summed E-state index contributed by atoms with van der Waals surface area (Å²) in [7, 11) is 3.09. The van der Waals surface area contributed by atoms with Crippen LogP contribution < -0.4 is 19.8 Å². The van der Waals surface area contributed by atoms with Gasteiger partial charge in [0.15, 0.2) is 11.3 Å². The van der Waals surface area contributed by atoms with Gasteiger partial charge in [-0.3, -0.25) is 4.79 Å². The van der Waals surface area contributed by atoms with Crippen LogP contribution in [0.5, 0.6) is 17.2 Å². The third-order valence-corrected chi connectivity index (χ3v) is 8.43. The van der Waals surface area contributed by atoms with Crippen molar-refractivity contribution in [2.75, 3.05) is 20.8 Å². The minimum Gasteiger partial charge on any atom is -0.493 e. The number of rotatable bonds is 6. The standard InChI is InChI=1S/C28H36O7/c1-16-8-10-21-27(3,4)22(34-17(2)29)12-13-28(21,5)19(16)15-33-25-20(31-6)14-18-9-11-23(30)35-24(18)26(25)32-7/h9,11,14,19,21-22H,1,8,10,12-13,15H2,2-7H3/t19-,21+,22+,28+/m1/s1. The van der Waals surface area contributed by atoms with Gasteiger partial charge in [0.05, 0.1) is 20.8 Å². The van der Waals surface area contributed by atoms with Crippen molar-refractivity contribution in [2.24, 2.45) is 22.7 Å². The molecule has 7 nitrogen and oxygen atoms in total. The molecule has 2 fully saturated rings. The molecule has 4 rings (SSSR count). The van der Waals surface area contributed by atoms with Gasteiger partial charge in [-0.2, -0.15) is 0 Å². The Hall–Kier alpha value is -2.96. The highest BCUT2D eigenvalue weighted by atomic mass is 16.5. The SMILES string of the molecule is C=C1CC[C@H]2C(C)(C)[C@@H](OC(C)=O)CC[C@@]2(C)[C@@H]1COc1c(OC)cc2ccc(=O)oc2c1OC. The largest absolute Gasteiger partial charge is 0.493 e. The molecule has 0 saturated heterocycles. The van der Waals surface area contributed by atoms with Gasteiger partial charge >= 0.3 is 11.6 Å². The summed E-state index contributed by atoms with van der Waals surface area (Å²) >= 11 is 0. The van der Waals surface area contributed by atoms with Gasteiger partial charge < -0.3 is 23.4 Å². The molecular formula is C28H36O7. The smallest absolute Gasteiger partial charge is 0.336 e.